The summed E-state index contributed by atoms with van der Waals surface area (Å²) in [5.41, 5.74) is 4.20. The van der Waals surface area contributed by atoms with Crippen molar-refractivity contribution in [3.8, 4) is 11.3 Å². The molecule has 0 aliphatic carbocycles. The summed E-state index contributed by atoms with van der Waals surface area (Å²) >= 11 is 0. The van der Waals surface area contributed by atoms with E-state index in [4.69, 9.17) is 4.74 Å². The van der Waals surface area contributed by atoms with Gasteiger partial charge in [-0.2, -0.15) is 0 Å². The highest BCUT2D eigenvalue weighted by Gasteiger charge is 2.30. The zero-order valence-electron chi connectivity index (χ0n) is 18.4. The van der Waals surface area contributed by atoms with Crippen molar-refractivity contribution in [1.29, 1.82) is 0 Å². The van der Waals surface area contributed by atoms with E-state index in [0.29, 0.717) is 41.6 Å². The van der Waals surface area contributed by atoms with Gasteiger partial charge in [0.05, 0.1) is 23.2 Å². The number of carbonyl (C=O) groups excluding carboxylic acids is 2. The van der Waals surface area contributed by atoms with Crippen LogP contribution in [0.2, 0.25) is 0 Å². The Hall–Kier alpha value is -3.94. The van der Waals surface area contributed by atoms with E-state index in [-0.39, 0.29) is 24.9 Å². The number of esters is 1. The van der Waals surface area contributed by atoms with Crippen LogP contribution in [0.1, 0.15) is 23.0 Å². The predicted molar refractivity (Wildman–Crippen MR) is 123 cm³/mol. The van der Waals surface area contributed by atoms with Crippen molar-refractivity contribution < 1.29 is 18.7 Å². The number of carbonyl (C=O) groups is 2. The molecule has 1 aliphatic heterocycles. The number of anilines is 1. The quantitative estimate of drug-likeness (QED) is 0.432. The Kier molecular flexibility index (Phi) is 5.20. The maximum absolute atomic E-state index is 13.5. The number of benzene rings is 2. The van der Waals surface area contributed by atoms with E-state index in [2.05, 4.69) is 4.98 Å². The first-order chi connectivity index (χ1) is 16.0. The van der Waals surface area contributed by atoms with Crippen LogP contribution < -0.4 is 4.90 Å². The third kappa shape index (κ3) is 3.57. The first-order valence-corrected chi connectivity index (χ1v) is 10.9. The molecule has 1 amide bonds. The predicted octanol–water partition coefficient (Wildman–Crippen LogP) is 4.18. The van der Waals surface area contributed by atoms with Crippen LogP contribution in [0.25, 0.3) is 22.3 Å². The SMILES string of the molecule is CCOC(=O)c1cc(-c2ccc(F)cc2)n(CC(=O)N2CCn3c2nc2ccccc23)c1C. The molecule has 0 bridgehead atoms. The number of hydrogen-bond acceptors (Lipinski definition) is 4. The van der Waals surface area contributed by atoms with E-state index >= 15 is 0 Å². The molecule has 2 aromatic carbocycles. The number of fused-ring (bicyclic) bond motifs is 3. The van der Waals surface area contributed by atoms with Gasteiger partial charge in [-0.05, 0) is 61.9 Å². The zero-order valence-corrected chi connectivity index (χ0v) is 18.4. The van der Waals surface area contributed by atoms with Crippen molar-refractivity contribution >= 4 is 28.9 Å². The van der Waals surface area contributed by atoms with Gasteiger partial charge in [0.15, 0.2) is 0 Å². The number of amides is 1. The van der Waals surface area contributed by atoms with Gasteiger partial charge in [0.25, 0.3) is 0 Å². The molecular formula is C25H23FN4O3. The van der Waals surface area contributed by atoms with Crippen molar-refractivity contribution in [1.82, 2.24) is 14.1 Å². The van der Waals surface area contributed by atoms with Gasteiger partial charge in [0, 0.05) is 24.5 Å². The molecule has 0 N–H and O–H groups in total. The van der Waals surface area contributed by atoms with Gasteiger partial charge >= 0.3 is 5.97 Å². The number of imidazole rings is 1. The second-order valence-electron chi connectivity index (χ2n) is 7.94. The first kappa shape index (κ1) is 20.9. The van der Waals surface area contributed by atoms with Crippen LogP contribution in [0.5, 0.6) is 0 Å². The summed E-state index contributed by atoms with van der Waals surface area (Å²) in [5, 5.41) is 0. The highest BCUT2D eigenvalue weighted by Crippen LogP contribution is 2.30. The second kappa shape index (κ2) is 8.20. The summed E-state index contributed by atoms with van der Waals surface area (Å²) in [4.78, 5) is 32.3. The number of ether oxygens (including phenoxy) is 1. The van der Waals surface area contributed by atoms with Crippen LogP contribution in [0, 0.1) is 12.7 Å². The molecule has 1 aliphatic rings. The lowest BCUT2D eigenvalue weighted by Gasteiger charge is -2.17. The van der Waals surface area contributed by atoms with Crippen LogP contribution in [-0.4, -0.2) is 39.1 Å². The molecule has 33 heavy (non-hydrogen) atoms. The van der Waals surface area contributed by atoms with Crippen molar-refractivity contribution in [2.45, 2.75) is 26.9 Å². The molecule has 168 valence electrons. The molecule has 7 nitrogen and oxygen atoms in total. The molecule has 5 rings (SSSR count). The zero-order chi connectivity index (χ0) is 23.1. The number of aromatic nitrogens is 3. The number of rotatable bonds is 5. The van der Waals surface area contributed by atoms with Gasteiger partial charge in [-0.1, -0.05) is 12.1 Å². The van der Waals surface area contributed by atoms with E-state index in [9.17, 15) is 14.0 Å². The van der Waals surface area contributed by atoms with Crippen LogP contribution in [0.3, 0.4) is 0 Å². The van der Waals surface area contributed by atoms with Crippen molar-refractivity contribution in [2.24, 2.45) is 0 Å². The van der Waals surface area contributed by atoms with Crippen molar-refractivity contribution in [3.63, 3.8) is 0 Å². The summed E-state index contributed by atoms with van der Waals surface area (Å²) in [6, 6.07) is 15.5. The molecule has 4 aromatic rings. The standard InChI is InChI=1S/C25H23FN4O3/c1-3-33-24(32)19-14-22(17-8-10-18(26)11-9-17)30(16(19)2)15-23(31)29-13-12-28-21-7-5-4-6-20(21)27-25(28)29/h4-11,14H,3,12-13,15H2,1-2H3. The van der Waals surface area contributed by atoms with Gasteiger partial charge in [-0.3, -0.25) is 9.69 Å². The van der Waals surface area contributed by atoms with E-state index < -0.39 is 5.97 Å². The van der Waals surface area contributed by atoms with Gasteiger partial charge < -0.3 is 13.9 Å². The molecule has 8 heteroatoms. The summed E-state index contributed by atoms with van der Waals surface area (Å²) in [5.74, 6) is -0.319. The van der Waals surface area contributed by atoms with Crippen LogP contribution >= 0.6 is 0 Å². The molecule has 3 heterocycles. The molecule has 2 aromatic heterocycles. The van der Waals surface area contributed by atoms with Gasteiger partial charge in [-0.25, -0.2) is 14.2 Å². The number of nitrogens with zero attached hydrogens (tertiary/aromatic N) is 4. The maximum atomic E-state index is 13.5. The first-order valence-electron chi connectivity index (χ1n) is 10.9. The summed E-state index contributed by atoms with van der Waals surface area (Å²) < 4.78 is 22.5. The maximum Gasteiger partial charge on any atom is 0.339 e. The fraction of sp³-hybridized carbons (Fsp3) is 0.240. The molecule has 0 atom stereocenters. The second-order valence-corrected chi connectivity index (χ2v) is 7.94. The molecular weight excluding hydrogens is 423 g/mol. The normalized spacial score (nSPS) is 12.9. The minimum absolute atomic E-state index is 0.0150. The lowest BCUT2D eigenvalue weighted by atomic mass is 10.1. The highest BCUT2D eigenvalue weighted by molar-refractivity contribution is 5.96. The minimum atomic E-state index is -0.451. The van der Waals surface area contributed by atoms with Crippen LogP contribution in [-0.2, 0) is 22.6 Å². The minimum Gasteiger partial charge on any atom is -0.462 e. The van der Waals surface area contributed by atoms with E-state index in [0.717, 1.165) is 11.0 Å². The monoisotopic (exact) mass is 446 g/mol. The number of para-hydroxylation sites is 2. The Morgan fingerprint density at radius 3 is 2.61 bits per heavy atom. The summed E-state index contributed by atoms with van der Waals surface area (Å²) in [7, 11) is 0. The summed E-state index contributed by atoms with van der Waals surface area (Å²) in [6.45, 7) is 4.99. The smallest absolute Gasteiger partial charge is 0.339 e. The molecule has 0 saturated heterocycles. The average Bonchev–Trinajstić information content (AvgIpc) is 3.47. The van der Waals surface area contributed by atoms with Crippen molar-refractivity contribution in [3.05, 3.63) is 71.7 Å². The van der Waals surface area contributed by atoms with Gasteiger partial charge in [0.2, 0.25) is 11.9 Å². The van der Waals surface area contributed by atoms with Crippen LogP contribution in [0.15, 0.2) is 54.6 Å². The number of hydrogen-bond donors (Lipinski definition) is 0. The van der Waals surface area contributed by atoms with E-state index in [1.54, 1.807) is 41.5 Å². The molecule has 0 spiro atoms. The third-order valence-corrected chi connectivity index (χ3v) is 6.02. The lowest BCUT2D eigenvalue weighted by molar-refractivity contribution is -0.119. The molecule has 0 fully saturated rings. The topological polar surface area (TPSA) is 69.4 Å². The Morgan fingerprint density at radius 1 is 1.09 bits per heavy atom. The third-order valence-electron chi connectivity index (χ3n) is 6.02. The van der Waals surface area contributed by atoms with Gasteiger partial charge in [0.1, 0.15) is 12.4 Å². The Labute approximate surface area is 190 Å². The van der Waals surface area contributed by atoms with Crippen molar-refractivity contribution in [2.75, 3.05) is 18.1 Å². The highest BCUT2D eigenvalue weighted by atomic mass is 19.1. The Balaban J connectivity index is 1.52. The fourth-order valence-electron chi connectivity index (χ4n) is 4.37. The molecule has 0 saturated carbocycles. The van der Waals surface area contributed by atoms with E-state index in [1.807, 2.05) is 28.8 Å². The van der Waals surface area contributed by atoms with Gasteiger partial charge in [-0.15, -0.1) is 0 Å². The fourth-order valence-corrected chi connectivity index (χ4v) is 4.37. The van der Waals surface area contributed by atoms with Crippen LogP contribution in [0.4, 0.5) is 10.3 Å². The Morgan fingerprint density at radius 2 is 1.85 bits per heavy atom. The molecule has 0 radical (unpaired) electrons. The lowest BCUT2D eigenvalue weighted by Crippen LogP contribution is -2.33. The number of halogens is 1. The molecule has 0 unspecified atom stereocenters. The average molecular weight is 446 g/mol. The summed E-state index contributed by atoms with van der Waals surface area (Å²) in [6.07, 6.45) is 0. The Bertz CT molecular complexity index is 1370. The largest absolute Gasteiger partial charge is 0.462 e. The van der Waals surface area contributed by atoms with E-state index in [1.165, 1.54) is 12.1 Å².